The van der Waals surface area contributed by atoms with Crippen molar-refractivity contribution in [2.45, 2.75) is 32.7 Å². The van der Waals surface area contributed by atoms with Crippen LogP contribution in [0, 0.1) is 13.8 Å². The van der Waals surface area contributed by atoms with Crippen LogP contribution in [0.3, 0.4) is 0 Å². The van der Waals surface area contributed by atoms with Gasteiger partial charge in [-0.1, -0.05) is 18.2 Å². The van der Waals surface area contributed by atoms with Crippen molar-refractivity contribution in [1.29, 1.82) is 0 Å². The first kappa shape index (κ1) is 17.0. The van der Waals surface area contributed by atoms with Gasteiger partial charge < -0.3 is 10.1 Å². The Morgan fingerprint density at radius 2 is 2.00 bits per heavy atom. The minimum Gasteiger partial charge on any atom is -0.452 e. The highest BCUT2D eigenvalue weighted by molar-refractivity contribution is 5.89. The maximum Gasteiger partial charge on any atom is 0.331 e. The maximum absolute atomic E-state index is 11.8. The highest BCUT2D eigenvalue weighted by Crippen LogP contribution is 2.19. The topological polar surface area (TPSA) is 73.2 Å². The molecule has 0 aliphatic heterocycles. The van der Waals surface area contributed by atoms with Crippen molar-refractivity contribution in [2.75, 3.05) is 6.61 Å². The summed E-state index contributed by atoms with van der Waals surface area (Å²) in [6, 6.07) is 10.1. The zero-order valence-corrected chi connectivity index (χ0v) is 14.4. The van der Waals surface area contributed by atoms with E-state index >= 15 is 0 Å². The predicted molar refractivity (Wildman–Crippen MR) is 94.2 cm³/mol. The van der Waals surface area contributed by atoms with E-state index in [9.17, 15) is 9.59 Å². The largest absolute Gasteiger partial charge is 0.452 e. The van der Waals surface area contributed by atoms with E-state index in [0.717, 1.165) is 35.5 Å². The Hall–Kier alpha value is -2.89. The van der Waals surface area contributed by atoms with E-state index in [1.54, 1.807) is 6.08 Å². The lowest BCUT2D eigenvalue weighted by Gasteiger charge is -2.04. The van der Waals surface area contributed by atoms with Gasteiger partial charge in [0.1, 0.15) is 0 Å². The average Bonchev–Trinajstić information content (AvgIpc) is 3.37. The molecule has 2 aromatic rings. The summed E-state index contributed by atoms with van der Waals surface area (Å²) in [7, 11) is 0. The van der Waals surface area contributed by atoms with E-state index in [0.29, 0.717) is 0 Å². The fourth-order valence-corrected chi connectivity index (χ4v) is 2.55. The molecule has 0 unspecified atom stereocenters. The number of nitrogens with one attached hydrogen (secondary N) is 1. The Bertz CT molecular complexity index is 805. The SMILES string of the molecule is Cc1nn(-c2ccccc2)c(C)c1/C=C/C(=O)OCC(=O)NC1CC1. The van der Waals surface area contributed by atoms with Crippen LogP contribution in [-0.2, 0) is 14.3 Å². The van der Waals surface area contributed by atoms with Gasteiger partial charge in [-0.25, -0.2) is 9.48 Å². The molecular formula is C19H21N3O3. The second kappa shape index (κ2) is 7.34. The van der Waals surface area contributed by atoms with Crippen molar-refractivity contribution in [3.05, 3.63) is 53.4 Å². The van der Waals surface area contributed by atoms with Crippen LogP contribution in [0.15, 0.2) is 36.4 Å². The third-order valence-electron chi connectivity index (χ3n) is 4.02. The Balaban J connectivity index is 1.63. The van der Waals surface area contributed by atoms with Crippen molar-refractivity contribution in [3.8, 4) is 5.69 Å². The number of esters is 1. The predicted octanol–water partition coefficient (Wildman–Crippen LogP) is 2.32. The molecule has 3 rings (SSSR count). The molecule has 1 aromatic heterocycles. The molecule has 0 atom stereocenters. The maximum atomic E-state index is 11.8. The van der Waals surface area contributed by atoms with Crippen LogP contribution in [0.2, 0.25) is 0 Å². The van der Waals surface area contributed by atoms with Crippen molar-refractivity contribution in [3.63, 3.8) is 0 Å². The average molecular weight is 339 g/mol. The lowest BCUT2D eigenvalue weighted by Crippen LogP contribution is -2.30. The number of para-hydroxylation sites is 1. The van der Waals surface area contributed by atoms with Gasteiger partial charge >= 0.3 is 5.97 Å². The van der Waals surface area contributed by atoms with Crippen LogP contribution in [0.5, 0.6) is 0 Å². The Morgan fingerprint density at radius 1 is 1.28 bits per heavy atom. The molecule has 1 aromatic carbocycles. The molecule has 25 heavy (non-hydrogen) atoms. The van der Waals surface area contributed by atoms with Crippen molar-refractivity contribution >= 4 is 18.0 Å². The molecule has 1 aliphatic rings. The number of benzene rings is 1. The van der Waals surface area contributed by atoms with E-state index in [1.807, 2.05) is 48.9 Å². The monoisotopic (exact) mass is 339 g/mol. The minimum atomic E-state index is -0.544. The summed E-state index contributed by atoms with van der Waals surface area (Å²) >= 11 is 0. The molecule has 1 aliphatic carbocycles. The molecule has 1 N–H and O–H groups in total. The van der Waals surface area contributed by atoms with Gasteiger partial charge in [0.2, 0.25) is 0 Å². The fourth-order valence-electron chi connectivity index (χ4n) is 2.55. The lowest BCUT2D eigenvalue weighted by molar-refractivity contribution is -0.143. The van der Waals surface area contributed by atoms with Crippen molar-refractivity contribution in [1.82, 2.24) is 15.1 Å². The number of aryl methyl sites for hydroxylation is 1. The number of aromatic nitrogens is 2. The summed E-state index contributed by atoms with van der Waals surface area (Å²) < 4.78 is 6.80. The van der Waals surface area contributed by atoms with Gasteiger partial charge in [-0.15, -0.1) is 0 Å². The molecule has 1 heterocycles. The van der Waals surface area contributed by atoms with Gasteiger partial charge in [0.05, 0.1) is 11.4 Å². The first-order valence-electron chi connectivity index (χ1n) is 8.30. The van der Waals surface area contributed by atoms with E-state index in [4.69, 9.17) is 4.74 Å². The summed E-state index contributed by atoms with van der Waals surface area (Å²) in [4.78, 5) is 23.3. The van der Waals surface area contributed by atoms with Crippen LogP contribution in [0.25, 0.3) is 11.8 Å². The molecule has 6 nitrogen and oxygen atoms in total. The van der Waals surface area contributed by atoms with Crippen LogP contribution in [-0.4, -0.2) is 34.3 Å². The standard InChI is InChI=1S/C19H21N3O3/c1-13-17(14(2)22(21-13)16-6-4-3-5-7-16)10-11-19(24)25-12-18(23)20-15-8-9-15/h3-7,10-11,15H,8-9,12H2,1-2H3,(H,20,23)/b11-10+. The van der Waals surface area contributed by atoms with Gasteiger partial charge in [0, 0.05) is 23.4 Å². The Kier molecular flexibility index (Phi) is 4.97. The van der Waals surface area contributed by atoms with E-state index in [-0.39, 0.29) is 18.6 Å². The lowest BCUT2D eigenvalue weighted by atomic mass is 10.2. The number of hydrogen-bond acceptors (Lipinski definition) is 4. The molecular weight excluding hydrogens is 318 g/mol. The molecule has 1 fully saturated rings. The summed E-state index contributed by atoms with van der Waals surface area (Å²) in [6.45, 7) is 3.59. The van der Waals surface area contributed by atoms with Gasteiger partial charge in [0.15, 0.2) is 6.61 Å². The highest BCUT2D eigenvalue weighted by atomic mass is 16.5. The van der Waals surface area contributed by atoms with Gasteiger partial charge in [-0.05, 0) is 44.9 Å². The van der Waals surface area contributed by atoms with Crippen LogP contribution < -0.4 is 5.32 Å². The third kappa shape index (κ3) is 4.35. The second-order valence-corrected chi connectivity index (χ2v) is 6.11. The van der Waals surface area contributed by atoms with Gasteiger partial charge in [0.25, 0.3) is 5.91 Å². The van der Waals surface area contributed by atoms with Crippen molar-refractivity contribution < 1.29 is 14.3 Å². The van der Waals surface area contributed by atoms with Crippen LogP contribution in [0.4, 0.5) is 0 Å². The summed E-state index contributed by atoms with van der Waals surface area (Å²) in [5, 5.41) is 7.29. The molecule has 0 spiro atoms. The first-order chi connectivity index (χ1) is 12.0. The number of amides is 1. The van der Waals surface area contributed by atoms with Crippen LogP contribution in [0.1, 0.15) is 29.8 Å². The number of hydrogen-bond donors (Lipinski definition) is 1. The van der Waals surface area contributed by atoms with E-state index in [2.05, 4.69) is 10.4 Å². The molecule has 130 valence electrons. The quantitative estimate of drug-likeness (QED) is 0.647. The second-order valence-electron chi connectivity index (χ2n) is 6.11. The summed E-state index contributed by atoms with van der Waals surface area (Å²) in [5.74, 6) is -0.800. The molecule has 0 radical (unpaired) electrons. The zero-order valence-electron chi connectivity index (χ0n) is 14.4. The van der Waals surface area contributed by atoms with Gasteiger partial charge in [-0.2, -0.15) is 5.10 Å². The number of carbonyl (C=O) groups is 2. The smallest absolute Gasteiger partial charge is 0.331 e. The van der Waals surface area contributed by atoms with E-state index < -0.39 is 5.97 Å². The number of ether oxygens (including phenoxy) is 1. The highest BCUT2D eigenvalue weighted by Gasteiger charge is 2.23. The molecule has 6 heteroatoms. The fraction of sp³-hybridized carbons (Fsp3) is 0.316. The Morgan fingerprint density at radius 3 is 2.68 bits per heavy atom. The van der Waals surface area contributed by atoms with E-state index in [1.165, 1.54) is 6.08 Å². The third-order valence-corrected chi connectivity index (χ3v) is 4.02. The van der Waals surface area contributed by atoms with Crippen LogP contribution >= 0.6 is 0 Å². The van der Waals surface area contributed by atoms with Crippen molar-refractivity contribution in [2.24, 2.45) is 0 Å². The summed E-state index contributed by atoms with van der Waals surface area (Å²) in [5.41, 5.74) is 3.57. The molecule has 0 bridgehead atoms. The molecule has 0 saturated heterocycles. The number of nitrogens with zero attached hydrogens (tertiary/aromatic N) is 2. The first-order valence-corrected chi connectivity index (χ1v) is 8.30. The normalized spacial score (nSPS) is 13.8. The zero-order chi connectivity index (χ0) is 17.8. The van der Waals surface area contributed by atoms with Gasteiger partial charge in [-0.3, -0.25) is 4.79 Å². The molecule has 1 saturated carbocycles. The Labute approximate surface area is 146 Å². The minimum absolute atomic E-state index is 0.249. The number of rotatable bonds is 6. The molecule has 1 amide bonds. The summed E-state index contributed by atoms with van der Waals surface area (Å²) in [6.07, 6.45) is 5.02. The number of carbonyl (C=O) groups excluding carboxylic acids is 2.